The van der Waals surface area contributed by atoms with Crippen molar-refractivity contribution in [3.05, 3.63) is 30.1 Å². The lowest BCUT2D eigenvalue weighted by Gasteiger charge is -2.35. The van der Waals surface area contributed by atoms with E-state index in [1.54, 1.807) is 6.92 Å². The van der Waals surface area contributed by atoms with Crippen molar-refractivity contribution in [3.63, 3.8) is 0 Å². The van der Waals surface area contributed by atoms with Gasteiger partial charge in [0.15, 0.2) is 6.23 Å². The van der Waals surface area contributed by atoms with Crippen molar-refractivity contribution in [3.8, 4) is 0 Å². The fourth-order valence-electron chi connectivity index (χ4n) is 2.58. The van der Waals surface area contributed by atoms with Crippen LogP contribution in [0, 0.1) is 5.82 Å². The molecule has 8 heteroatoms. The molecule has 0 saturated heterocycles. The largest absolute Gasteiger partial charge is 0.446 e. The van der Waals surface area contributed by atoms with Crippen molar-refractivity contribution in [2.24, 2.45) is 0 Å². The zero-order valence-electron chi connectivity index (χ0n) is 14.6. The molecule has 1 rings (SSSR count). The molecule has 136 valence electrons. The minimum absolute atomic E-state index is 0.115. The van der Waals surface area contributed by atoms with E-state index in [0.717, 1.165) is 24.3 Å². The molecule has 1 aromatic rings. The number of sulfonamides is 1. The number of nitrogens with zero attached hydrogens (tertiary/aromatic N) is 1. The third-order valence-electron chi connectivity index (χ3n) is 3.44. The van der Waals surface area contributed by atoms with Crippen LogP contribution in [-0.4, -0.2) is 44.1 Å². The van der Waals surface area contributed by atoms with Crippen LogP contribution in [0.15, 0.2) is 29.2 Å². The fourth-order valence-corrected chi connectivity index (χ4v) is 3.55. The lowest BCUT2D eigenvalue weighted by Crippen LogP contribution is -2.46. The molecule has 0 aliphatic rings. The third-order valence-corrected chi connectivity index (χ3v) is 4.86. The molecule has 0 amide bonds. The van der Waals surface area contributed by atoms with E-state index in [9.17, 15) is 17.6 Å². The number of nitrogens with one attached hydrogen (secondary N) is 1. The standard InChI is InChI=1S/C16H25FN2O4S/c1-11(2)19(12(3)4)13(5)23-16(20)10-18-24(21,22)15-8-6-14(17)7-9-15/h6-9,11-13,18H,10H2,1-5H3. The molecule has 0 saturated carbocycles. The topological polar surface area (TPSA) is 75.7 Å². The number of carbonyl (C=O) groups excluding carboxylic acids is 1. The average molecular weight is 360 g/mol. The molecule has 24 heavy (non-hydrogen) atoms. The molecule has 6 nitrogen and oxygen atoms in total. The first-order chi connectivity index (χ1) is 11.0. The first-order valence-corrected chi connectivity index (χ1v) is 9.25. The number of hydrogen-bond acceptors (Lipinski definition) is 5. The molecule has 1 N–H and O–H groups in total. The van der Waals surface area contributed by atoms with Gasteiger partial charge in [0.2, 0.25) is 10.0 Å². The van der Waals surface area contributed by atoms with Crippen molar-refractivity contribution in [2.75, 3.05) is 6.54 Å². The summed E-state index contributed by atoms with van der Waals surface area (Å²) in [5, 5.41) is 0. The zero-order chi connectivity index (χ0) is 18.5. The highest BCUT2D eigenvalue weighted by Crippen LogP contribution is 2.12. The monoisotopic (exact) mass is 360 g/mol. The predicted octanol–water partition coefficient (Wildman–Crippen LogP) is 2.11. The first-order valence-electron chi connectivity index (χ1n) is 7.76. The SMILES string of the molecule is CC(C)N(C(C)C)C(C)OC(=O)CNS(=O)(=O)c1ccc(F)cc1. The second-order valence-corrected chi connectivity index (χ2v) is 7.77. The Bertz CT molecular complexity index is 637. The zero-order valence-corrected chi connectivity index (χ0v) is 15.4. The Morgan fingerprint density at radius 1 is 1.12 bits per heavy atom. The van der Waals surface area contributed by atoms with Crippen molar-refractivity contribution in [1.29, 1.82) is 0 Å². The van der Waals surface area contributed by atoms with Crippen LogP contribution in [0.3, 0.4) is 0 Å². The van der Waals surface area contributed by atoms with Gasteiger partial charge in [0.05, 0.1) is 4.90 Å². The van der Waals surface area contributed by atoms with E-state index in [0.29, 0.717) is 0 Å². The van der Waals surface area contributed by atoms with E-state index in [2.05, 4.69) is 4.72 Å². The summed E-state index contributed by atoms with van der Waals surface area (Å²) in [7, 11) is -3.89. The van der Waals surface area contributed by atoms with Gasteiger partial charge >= 0.3 is 5.97 Å². The summed E-state index contributed by atoms with van der Waals surface area (Å²) in [6.07, 6.45) is -0.479. The highest BCUT2D eigenvalue weighted by molar-refractivity contribution is 7.89. The van der Waals surface area contributed by atoms with Gasteiger partial charge in [-0.15, -0.1) is 0 Å². The van der Waals surface area contributed by atoms with E-state index in [-0.39, 0.29) is 17.0 Å². The van der Waals surface area contributed by atoms with E-state index >= 15 is 0 Å². The minimum Gasteiger partial charge on any atom is -0.446 e. The van der Waals surface area contributed by atoms with Crippen LogP contribution in [0.4, 0.5) is 4.39 Å². The molecular formula is C16H25FN2O4S. The number of esters is 1. The molecule has 0 aliphatic heterocycles. The van der Waals surface area contributed by atoms with Crippen LogP contribution < -0.4 is 4.72 Å². The number of carbonyl (C=O) groups is 1. The maximum Gasteiger partial charge on any atom is 0.322 e. The van der Waals surface area contributed by atoms with Gasteiger partial charge in [-0.25, -0.2) is 12.8 Å². The van der Waals surface area contributed by atoms with E-state index in [1.165, 1.54) is 0 Å². The van der Waals surface area contributed by atoms with Crippen molar-refractivity contribution in [1.82, 2.24) is 9.62 Å². The van der Waals surface area contributed by atoms with Crippen molar-refractivity contribution in [2.45, 2.75) is 57.8 Å². The normalized spacial score (nSPS) is 13.5. The maximum atomic E-state index is 12.8. The van der Waals surface area contributed by atoms with Gasteiger partial charge in [-0.1, -0.05) is 0 Å². The first kappa shape index (κ1) is 20.5. The Labute approximate surface area is 143 Å². The molecule has 0 bridgehead atoms. The maximum absolute atomic E-state index is 12.8. The lowest BCUT2D eigenvalue weighted by atomic mass is 10.2. The molecule has 1 aromatic carbocycles. The smallest absolute Gasteiger partial charge is 0.322 e. The van der Waals surface area contributed by atoms with Gasteiger partial charge in [0.25, 0.3) is 0 Å². The van der Waals surface area contributed by atoms with E-state index in [1.807, 2.05) is 32.6 Å². The molecule has 0 radical (unpaired) electrons. The highest BCUT2D eigenvalue weighted by atomic mass is 32.2. The van der Waals surface area contributed by atoms with E-state index < -0.39 is 34.6 Å². The molecule has 0 heterocycles. The van der Waals surface area contributed by atoms with Gasteiger partial charge in [-0.3, -0.25) is 9.69 Å². The van der Waals surface area contributed by atoms with Crippen LogP contribution >= 0.6 is 0 Å². The van der Waals surface area contributed by atoms with Gasteiger partial charge in [0, 0.05) is 12.1 Å². The molecular weight excluding hydrogens is 335 g/mol. The van der Waals surface area contributed by atoms with E-state index in [4.69, 9.17) is 4.74 Å². The second-order valence-electron chi connectivity index (χ2n) is 6.00. The number of ether oxygens (including phenoxy) is 1. The Morgan fingerprint density at radius 2 is 1.62 bits per heavy atom. The number of hydrogen-bond donors (Lipinski definition) is 1. The van der Waals surface area contributed by atoms with Gasteiger partial charge < -0.3 is 4.74 Å². The number of rotatable bonds is 8. The summed E-state index contributed by atoms with van der Waals surface area (Å²) in [5.74, 6) is -1.22. The summed E-state index contributed by atoms with van der Waals surface area (Å²) < 4.78 is 44.3. The van der Waals surface area contributed by atoms with Crippen LogP contribution in [0.25, 0.3) is 0 Å². The minimum atomic E-state index is -3.89. The van der Waals surface area contributed by atoms with Crippen LogP contribution in [0.1, 0.15) is 34.6 Å². The molecule has 1 unspecified atom stereocenters. The van der Waals surface area contributed by atoms with Gasteiger partial charge in [0.1, 0.15) is 12.4 Å². The fraction of sp³-hybridized carbons (Fsp3) is 0.562. The molecule has 0 aliphatic carbocycles. The third kappa shape index (κ3) is 5.85. The second kappa shape index (κ2) is 8.55. The summed E-state index contributed by atoms with van der Waals surface area (Å²) in [6.45, 7) is 9.20. The Morgan fingerprint density at radius 3 is 2.08 bits per heavy atom. The predicted molar refractivity (Wildman–Crippen MR) is 89.3 cm³/mol. The molecule has 1 atom stereocenters. The molecule has 0 spiro atoms. The van der Waals surface area contributed by atoms with Crippen molar-refractivity contribution >= 4 is 16.0 Å². The average Bonchev–Trinajstić information content (AvgIpc) is 2.44. The van der Waals surface area contributed by atoms with Crippen LogP contribution in [0.5, 0.6) is 0 Å². The summed E-state index contributed by atoms with van der Waals surface area (Å²) in [4.78, 5) is 13.8. The summed E-state index contributed by atoms with van der Waals surface area (Å²) in [6, 6.07) is 4.68. The van der Waals surface area contributed by atoms with Crippen molar-refractivity contribution < 1.29 is 22.3 Å². The Balaban J connectivity index is 2.64. The quantitative estimate of drug-likeness (QED) is 0.568. The Hall–Kier alpha value is -1.51. The summed E-state index contributed by atoms with van der Waals surface area (Å²) in [5.41, 5.74) is 0. The van der Waals surface area contributed by atoms with Crippen LogP contribution in [-0.2, 0) is 19.6 Å². The number of benzene rings is 1. The lowest BCUT2D eigenvalue weighted by molar-refractivity contribution is -0.159. The number of halogens is 1. The van der Waals surface area contributed by atoms with Gasteiger partial charge in [-0.2, -0.15) is 4.72 Å². The summed E-state index contributed by atoms with van der Waals surface area (Å²) >= 11 is 0. The Kier molecular flexibility index (Phi) is 7.31. The molecule has 0 fully saturated rings. The van der Waals surface area contributed by atoms with Gasteiger partial charge in [-0.05, 0) is 58.9 Å². The van der Waals surface area contributed by atoms with Crippen LogP contribution in [0.2, 0.25) is 0 Å². The highest BCUT2D eigenvalue weighted by Gasteiger charge is 2.24. The molecule has 0 aromatic heterocycles.